The van der Waals surface area contributed by atoms with Gasteiger partial charge in [-0.3, -0.25) is 4.79 Å². The molecule has 1 rings (SSSR count). The number of amides is 1. The highest BCUT2D eigenvalue weighted by Crippen LogP contribution is 2.16. The molecular formula is C13H20N2O. The van der Waals surface area contributed by atoms with Crippen LogP contribution in [0.5, 0.6) is 0 Å². The van der Waals surface area contributed by atoms with Gasteiger partial charge in [-0.25, -0.2) is 0 Å². The molecule has 3 nitrogen and oxygen atoms in total. The zero-order chi connectivity index (χ0) is 12.0. The Bertz CT molecular complexity index is 361. The fourth-order valence-electron chi connectivity index (χ4n) is 1.52. The first kappa shape index (κ1) is 12.6. The Morgan fingerprint density at radius 2 is 2.06 bits per heavy atom. The third kappa shape index (κ3) is 3.93. The minimum atomic E-state index is 0.0998. The lowest BCUT2D eigenvalue weighted by Gasteiger charge is -2.10. The second kappa shape index (κ2) is 6.16. The van der Waals surface area contributed by atoms with Gasteiger partial charge >= 0.3 is 0 Å². The molecule has 0 heterocycles. The molecule has 0 unspecified atom stereocenters. The van der Waals surface area contributed by atoms with Crippen LogP contribution in [-0.2, 0) is 4.79 Å². The quantitative estimate of drug-likeness (QED) is 0.747. The molecule has 2 N–H and O–H groups in total. The van der Waals surface area contributed by atoms with Gasteiger partial charge in [-0.1, -0.05) is 12.1 Å². The lowest BCUT2D eigenvalue weighted by molar-refractivity contribution is -0.120. The summed E-state index contributed by atoms with van der Waals surface area (Å²) < 4.78 is 0. The van der Waals surface area contributed by atoms with Crippen molar-refractivity contribution >= 4 is 11.6 Å². The van der Waals surface area contributed by atoms with Crippen LogP contribution in [0, 0.1) is 13.8 Å². The second-order valence-electron chi connectivity index (χ2n) is 4.02. The topological polar surface area (TPSA) is 41.1 Å². The smallest absolute Gasteiger partial charge is 0.219 e. The van der Waals surface area contributed by atoms with Crippen LogP contribution < -0.4 is 10.6 Å². The average molecular weight is 220 g/mol. The Labute approximate surface area is 97.2 Å². The van der Waals surface area contributed by atoms with Crippen LogP contribution in [-0.4, -0.2) is 19.5 Å². The zero-order valence-corrected chi connectivity index (χ0v) is 10.3. The summed E-state index contributed by atoms with van der Waals surface area (Å²) in [4.78, 5) is 11.0. The van der Waals surface area contributed by atoms with Crippen molar-refractivity contribution in [1.82, 2.24) is 5.32 Å². The van der Waals surface area contributed by atoms with E-state index in [4.69, 9.17) is 0 Å². The van der Waals surface area contributed by atoms with E-state index in [0.29, 0.717) is 6.42 Å². The highest BCUT2D eigenvalue weighted by Gasteiger charge is 1.99. The predicted molar refractivity (Wildman–Crippen MR) is 67.7 cm³/mol. The highest BCUT2D eigenvalue weighted by molar-refractivity contribution is 5.75. The predicted octanol–water partition coefficient (Wildman–Crippen LogP) is 2.24. The Balaban J connectivity index is 2.37. The van der Waals surface area contributed by atoms with Crippen molar-refractivity contribution in [3.8, 4) is 0 Å². The van der Waals surface area contributed by atoms with Crippen LogP contribution in [0.3, 0.4) is 0 Å². The van der Waals surface area contributed by atoms with E-state index in [2.05, 4.69) is 42.7 Å². The molecule has 0 atom stereocenters. The number of benzene rings is 1. The molecule has 1 aromatic rings. The number of nitrogens with one attached hydrogen (secondary N) is 2. The van der Waals surface area contributed by atoms with Crippen molar-refractivity contribution in [3.63, 3.8) is 0 Å². The third-order valence-electron chi connectivity index (χ3n) is 2.57. The molecule has 0 saturated heterocycles. The van der Waals surface area contributed by atoms with Crippen LogP contribution in [0.4, 0.5) is 5.69 Å². The van der Waals surface area contributed by atoms with Crippen LogP contribution in [0.1, 0.15) is 24.0 Å². The Morgan fingerprint density at radius 1 is 1.31 bits per heavy atom. The van der Waals surface area contributed by atoms with E-state index < -0.39 is 0 Å². The zero-order valence-electron chi connectivity index (χ0n) is 10.3. The van der Waals surface area contributed by atoms with Gasteiger partial charge in [-0.15, -0.1) is 0 Å². The molecule has 0 aliphatic carbocycles. The van der Waals surface area contributed by atoms with Crippen molar-refractivity contribution in [2.24, 2.45) is 0 Å². The van der Waals surface area contributed by atoms with Crippen LogP contribution in [0.2, 0.25) is 0 Å². The van der Waals surface area contributed by atoms with E-state index in [1.54, 1.807) is 7.05 Å². The third-order valence-corrected chi connectivity index (χ3v) is 2.57. The molecule has 0 aliphatic heterocycles. The molecule has 1 aromatic carbocycles. The maximum atomic E-state index is 11.0. The monoisotopic (exact) mass is 220 g/mol. The maximum absolute atomic E-state index is 11.0. The molecule has 0 aliphatic rings. The summed E-state index contributed by atoms with van der Waals surface area (Å²) >= 11 is 0. The molecule has 16 heavy (non-hydrogen) atoms. The van der Waals surface area contributed by atoms with Crippen LogP contribution in [0.25, 0.3) is 0 Å². The van der Waals surface area contributed by atoms with Gasteiger partial charge in [0, 0.05) is 25.7 Å². The fourth-order valence-corrected chi connectivity index (χ4v) is 1.52. The summed E-state index contributed by atoms with van der Waals surface area (Å²) in [5.74, 6) is 0.0998. The number of rotatable bonds is 5. The lowest BCUT2D eigenvalue weighted by atomic mass is 10.1. The number of aryl methyl sites for hydroxylation is 2. The Kier molecular flexibility index (Phi) is 4.83. The van der Waals surface area contributed by atoms with Crippen molar-refractivity contribution in [2.45, 2.75) is 26.7 Å². The van der Waals surface area contributed by atoms with Gasteiger partial charge in [-0.05, 0) is 37.5 Å². The van der Waals surface area contributed by atoms with E-state index in [1.807, 2.05) is 0 Å². The first-order valence-corrected chi connectivity index (χ1v) is 5.65. The number of carbonyl (C=O) groups excluding carboxylic acids is 1. The van der Waals surface area contributed by atoms with Crippen LogP contribution >= 0.6 is 0 Å². The average Bonchev–Trinajstić information content (AvgIpc) is 2.28. The minimum Gasteiger partial charge on any atom is -0.385 e. The van der Waals surface area contributed by atoms with Crippen molar-refractivity contribution in [2.75, 3.05) is 18.9 Å². The van der Waals surface area contributed by atoms with Gasteiger partial charge < -0.3 is 10.6 Å². The van der Waals surface area contributed by atoms with E-state index in [9.17, 15) is 4.79 Å². The molecule has 0 saturated carbocycles. The Hall–Kier alpha value is -1.51. The molecule has 0 bridgehead atoms. The van der Waals surface area contributed by atoms with Gasteiger partial charge in [0.25, 0.3) is 0 Å². The maximum Gasteiger partial charge on any atom is 0.219 e. The molecule has 0 aromatic heterocycles. The number of carbonyl (C=O) groups is 1. The van der Waals surface area contributed by atoms with Crippen LogP contribution in [0.15, 0.2) is 18.2 Å². The van der Waals surface area contributed by atoms with E-state index in [1.165, 1.54) is 11.1 Å². The summed E-state index contributed by atoms with van der Waals surface area (Å²) in [6.07, 6.45) is 1.43. The normalized spacial score (nSPS) is 9.94. The van der Waals surface area contributed by atoms with Crippen molar-refractivity contribution in [1.29, 1.82) is 0 Å². The molecule has 0 fully saturated rings. The molecule has 0 spiro atoms. The molecular weight excluding hydrogens is 200 g/mol. The van der Waals surface area contributed by atoms with Gasteiger partial charge in [0.05, 0.1) is 0 Å². The highest BCUT2D eigenvalue weighted by atomic mass is 16.1. The lowest BCUT2D eigenvalue weighted by Crippen LogP contribution is -2.18. The standard InChI is InChI=1S/C13H20N2O/c1-10-6-7-11(2)12(9-10)15-8-4-5-13(16)14-3/h6-7,9,15H,4-5,8H2,1-3H3,(H,14,16). The number of hydrogen-bond acceptors (Lipinski definition) is 2. The first-order valence-electron chi connectivity index (χ1n) is 5.65. The van der Waals surface area contributed by atoms with Crippen molar-refractivity contribution < 1.29 is 4.79 Å². The fraction of sp³-hybridized carbons (Fsp3) is 0.462. The molecule has 0 radical (unpaired) electrons. The van der Waals surface area contributed by atoms with Crippen molar-refractivity contribution in [3.05, 3.63) is 29.3 Å². The van der Waals surface area contributed by atoms with Gasteiger partial charge in [-0.2, -0.15) is 0 Å². The SMILES string of the molecule is CNC(=O)CCCNc1cc(C)ccc1C. The molecule has 3 heteroatoms. The number of hydrogen-bond donors (Lipinski definition) is 2. The minimum absolute atomic E-state index is 0.0998. The van der Waals surface area contributed by atoms with E-state index >= 15 is 0 Å². The summed E-state index contributed by atoms with van der Waals surface area (Å²) in [5.41, 5.74) is 3.65. The Morgan fingerprint density at radius 3 is 2.75 bits per heavy atom. The summed E-state index contributed by atoms with van der Waals surface area (Å²) in [6, 6.07) is 6.34. The van der Waals surface area contributed by atoms with Gasteiger partial charge in [0.2, 0.25) is 5.91 Å². The molecule has 1 amide bonds. The largest absolute Gasteiger partial charge is 0.385 e. The summed E-state index contributed by atoms with van der Waals surface area (Å²) in [7, 11) is 1.67. The van der Waals surface area contributed by atoms with Gasteiger partial charge in [0.1, 0.15) is 0 Å². The van der Waals surface area contributed by atoms with Gasteiger partial charge in [0.15, 0.2) is 0 Å². The first-order chi connectivity index (χ1) is 7.63. The summed E-state index contributed by atoms with van der Waals surface area (Å²) in [6.45, 7) is 4.99. The summed E-state index contributed by atoms with van der Waals surface area (Å²) in [5, 5.41) is 5.97. The van der Waals surface area contributed by atoms with E-state index in [-0.39, 0.29) is 5.91 Å². The molecule has 88 valence electrons. The second-order valence-corrected chi connectivity index (χ2v) is 4.02. The number of anilines is 1. The van der Waals surface area contributed by atoms with E-state index in [0.717, 1.165) is 18.7 Å².